The average Bonchev–Trinajstić information content (AvgIpc) is 3.12. The molecule has 40 heavy (non-hydrogen) atoms. The van der Waals surface area contributed by atoms with E-state index >= 15 is 0 Å². The van der Waals surface area contributed by atoms with Gasteiger partial charge in [0.05, 0.1) is 23.4 Å². The average molecular weight is 541 g/mol. The third kappa shape index (κ3) is 6.11. The molecule has 1 saturated heterocycles. The molecule has 0 atom stereocenters. The third-order valence-electron chi connectivity index (χ3n) is 7.27. The lowest BCUT2D eigenvalue weighted by atomic mass is 10.1. The second-order valence-electron chi connectivity index (χ2n) is 11.0. The molecule has 2 aromatic heterocycles. The monoisotopic (exact) mass is 540 g/mol. The molecule has 1 amide bonds. The number of amides is 1. The van der Waals surface area contributed by atoms with Crippen molar-refractivity contribution in [2.45, 2.75) is 53.4 Å². The zero-order valence-electron chi connectivity index (χ0n) is 24.1. The fourth-order valence-electron chi connectivity index (χ4n) is 5.18. The number of benzene rings is 2. The third-order valence-corrected chi connectivity index (χ3v) is 7.27. The normalized spacial score (nSPS) is 14.1. The van der Waals surface area contributed by atoms with E-state index < -0.39 is 0 Å². The lowest BCUT2D eigenvalue weighted by molar-refractivity contribution is 0.0767. The molecule has 4 aromatic rings. The molecule has 1 aliphatic rings. The van der Waals surface area contributed by atoms with Crippen LogP contribution in [0.1, 0.15) is 61.9 Å². The Kier molecular flexibility index (Phi) is 8.63. The van der Waals surface area contributed by atoms with Crippen LogP contribution in [0.15, 0.2) is 54.6 Å². The molecule has 210 valence electrons. The second kappa shape index (κ2) is 12.5. The number of unbranched alkanes of at least 4 members (excludes halogenated alkanes) is 1. The highest BCUT2D eigenvalue weighted by Crippen LogP contribution is 2.30. The summed E-state index contributed by atoms with van der Waals surface area (Å²) < 4.78 is 7.70. The molecule has 0 unspecified atom stereocenters. The van der Waals surface area contributed by atoms with Gasteiger partial charge in [-0.2, -0.15) is 5.10 Å². The molecule has 8 heteroatoms. The Labute approximate surface area is 237 Å². The largest absolute Gasteiger partial charge is 0.494 e. The highest BCUT2D eigenvalue weighted by Gasteiger charge is 2.25. The Hall–Kier alpha value is -3.94. The predicted octanol–water partition coefficient (Wildman–Crippen LogP) is 5.85. The first kappa shape index (κ1) is 27.6. The van der Waals surface area contributed by atoms with E-state index in [1.165, 1.54) is 0 Å². The molecule has 0 bridgehead atoms. The molecule has 8 nitrogen and oxygen atoms in total. The van der Waals surface area contributed by atoms with Crippen LogP contribution in [0.4, 0.5) is 5.82 Å². The quantitative estimate of drug-likeness (QED) is 0.248. The summed E-state index contributed by atoms with van der Waals surface area (Å²) in [6.07, 6.45) is 3.77. The fourth-order valence-corrected chi connectivity index (χ4v) is 5.18. The summed E-state index contributed by atoms with van der Waals surface area (Å²) in [4.78, 5) is 27.8. The molecular weight excluding hydrogens is 500 g/mol. The van der Waals surface area contributed by atoms with Crippen molar-refractivity contribution in [3.05, 3.63) is 71.7 Å². The standard InChI is InChI=1S/C32H40N6O2/c1-5-6-21-40-27-15-13-25(14-16-27)32(39)37-18-10-17-36(19-20-37)30-29-24(4)35-38(26-11-8-7-9-12-26)31(29)34-28(33-30)22-23(2)3/h7-9,11-16,23H,5-6,10,17-22H2,1-4H3. The smallest absolute Gasteiger partial charge is 0.253 e. The van der Waals surface area contributed by atoms with Crippen LogP contribution in [0.25, 0.3) is 16.7 Å². The molecule has 0 spiro atoms. The molecule has 0 radical (unpaired) electrons. The Balaban J connectivity index is 1.39. The number of ether oxygens (including phenoxy) is 1. The van der Waals surface area contributed by atoms with Crippen molar-refractivity contribution in [3.63, 3.8) is 0 Å². The van der Waals surface area contributed by atoms with Crippen LogP contribution < -0.4 is 9.64 Å². The molecule has 0 aliphatic carbocycles. The summed E-state index contributed by atoms with van der Waals surface area (Å²) in [5, 5.41) is 5.87. The Bertz CT molecular complexity index is 1430. The van der Waals surface area contributed by atoms with Gasteiger partial charge < -0.3 is 14.5 Å². The Morgan fingerprint density at radius 2 is 1.75 bits per heavy atom. The van der Waals surface area contributed by atoms with Crippen LogP contribution in [-0.4, -0.2) is 63.3 Å². The van der Waals surface area contributed by atoms with Gasteiger partial charge >= 0.3 is 0 Å². The molecule has 0 N–H and O–H groups in total. The van der Waals surface area contributed by atoms with Gasteiger partial charge in [0.1, 0.15) is 17.4 Å². The van der Waals surface area contributed by atoms with E-state index in [2.05, 4.69) is 37.8 Å². The number of aryl methyl sites for hydroxylation is 1. The number of anilines is 1. The van der Waals surface area contributed by atoms with Gasteiger partial charge in [0.15, 0.2) is 5.65 Å². The van der Waals surface area contributed by atoms with Crippen LogP contribution in [0.2, 0.25) is 0 Å². The van der Waals surface area contributed by atoms with Crippen molar-refractivity contribution in [2.75, 3.05) is 37.7 Å². The maximum absolute atomic E-state index is 13.4. The van der Waals surface area contributed by atoms with Crippen molar-refractivity contribution < 1.29 is 9.53 Å². The van der Waals surface area contributed by atoms with Gasteiger partial charge in [-0.3, -0.25) is 4.79 Å². The highest BCUT2D eigenvalue weighted by atomic mass is 16.5. The summed E-state index contributed by atoms with van der Waals surface area (Å²) in [6, 6.07) is 17.7. The number of fused-ring (bicyclic) bond motifs is 1. The number of rotatable bonds is 9. The number of hydrogen-bond acceptors (Lipinski definition) is 6. The van der Waals surface area contributed by atoms with Gasteiger partial charge in [-0.15, -0.1) is 0 Å². The number of carbonyl (C=O) groups is 1. The van der Waals surface area contributed by atoms with Crippen molar-refractivity contribution in [1.82, 2.24) is 24.6 Å². The lowest BCUT2D eigenvalue weighted by Crippen LogP contribution is -2.35. The molecule has 3 heterocycles. The summed E-state index contributed by atoms with van der Waals surface area (Å²) in [6.45, 7) is 12.1. The summed E-state index contributed by atoms with van der Waals surface area (Å²) in [7, 11) is 0. The van der Waals surface area contributed by atoms with Crippen LogP contribution in [-0.2, 0) is 6.42 Å². The first-order valence-electron chi connectivity index (χ1n) is 14.5. The van der Waals surface area contributed by atoms with E-state index in [0.29, 0.717) is 37.7 Å². The van der Waals surface area contributed by atoms with Gasteiger partial charge in [-0.05, 0) is 62.1 Å². The van der Waals surface area contributed by atoms with E-state index in [1.807, 2.05) is 59.0 Å². The second-order valence-corrected chi connectivity index (χ2v) is 11.0. The maximum atomic E-state index is 13.4. The van der Waals surface area contributed by atoms with Crippen molar-refractivity contribution in [2.24, 2.45) is 5.92 Å². The number of para-hydroxylation sites is 1. The predicted molar refractivity (Wildman–Crippen MR) is 160 cm³/mol. The van der Waals surface area contributed by atoms with Crippen molar-refractivity contribution in [1.29, 1.82) is 0 Å². The number of aromatic nitrogens is 4. The molecule has 1 fully saturated rings. The Morgan fingerprint density at radius 3 is 2.48 bits per heavy atom. The molecule has 2 aromatic carbocycles. The van der Waals surface area contributed by atoms with E-state index in [1.54, 1.807) is 0 Å². The number of nitrogens with zero attached hydrogens (tertiary/aromatic N) is 6. The number of carbonyl (C=O) groups excluding carboxylic acids is 1. The van der Waals surface area contributed by atoms with Crippen LogP contribution in [0, 0.1) is 12.8 Å². The van der Waals surface area contributed by atoms with E-state index in [-0.39, 0.29) is 5.91 Å². The first-order chi connectivity index (χ1) is 19.4. The molecule has 5 rings (SSSR count). The van der Waals surface area contributed by atoms with Crippen LogP contribution in [0.3, 0.4) is 0 Å². The summed E-state index contributed by atoms with van der Waals surface area (Å²) in [5.41, 5.74) is 3.42. The maximum Gasteiger partial charge on any atom is 0.253 e. The van der Waals surface area contributed by atoms with E-state index in [0.717, 1.165) is 72.0 Å². The van der Waals surface area contributed by atoms with Crippen LogP contribution >= 0.6 is 0 Å². The number of hydrogen-bond donors (Lipinski definition) is 0. The summed E-state index contributed by atoms with van der Waals surface area (Å²) >= 11 is 0. The van der Waals surface area contributed by atoms with Gasteiger partial charge in [-0.25, -0.2) is 14.6 Å². The minimum atomic E-state index is 0.0587. The van der Waals surface area contributed by atoms with Crippen molar-refractivity contribution in [3.8, 4) is 11.4 Å². The SMILES string of the molecule is CCCCOc1ccc(C(=O)N2CCCN(c3nc(CC(C)C)nc4c3c(C)nn4-c3ccccc3)CC2)cc1. The lowest BCUT2D eigenvalue weighted by Gasteiger charge is -2.24. The fraction of sp³-hybridized carbons (Fsp3) is 0.438. The van der Waals surface area contributed by atoms with E-state index in [9.17, 15) is 4.79 Å². The zero-order valence-corrected chi connectivity index (χ0v) is 24.1. The van der Waals surface area contributed by atoms with Crippen molar-refractivity contribution >= 4 is 22.8 Å². The minimum absolute atomic E-state index is 0.0587. The van der Waals surface area contributed by atoms with E-state index in [4.69, 9.17) is 19.8 Å². The molecular formula is C32H40N6O2. The molecule has 0 saturated carbocycles. The van der Waals surface area contributed by atoms with Gasteiger partial charge in [0.25, 0.3) is 5.91 Å². The molecule has 1 aliphatic heterocycles. The topological polar surface area (TPSA) is 76.4 Å². The van der Waals surface area contributed by atoms with Gasteiger partial charge in [0, 0.05) is 38.2 Å². The summed E-state index contributed by atoms with van der Waals surface area (Å²) in [5.74, 6) is 3.04. The van der Waals surface area contributed by atoms with Gasteiger partial charge in [0.2, 0.25) is 0 Å². The zero-order chi connectivity index (χ0) is 28.1. The first-order valence-corrected chi connectivity index (χ1v) is 14.5. The highest BCUT2D eigenvalue weighted by molar-refractivity contribution is 5.94. The minimum Gasteiger partial charge on any atom is -0.494 e. The van der Waals surface area contributed by atoms with Gasteiger partial charge in [-0.1, -0.05) is 45.4 Å². The van der Waals surface area contributed by atoms with Crippen LogP contribution in [0.5, 0.6) is 5.75 Å². The Morgan fingerprint density at radius 1 is 0.975 bits per heavy atom.